The molecule has 0 aliphatic carbocycles. The van der Waals surface area contributed by atoms with Crippen molar-refractivity contribution < 1.29 is 14.3 Å². The lowest BCUT2D eigenvalue weighted by molar-refractivity contribution is 0.0660. The molecule has 0 radical (unpaired) electrons. The first-order valence-electron chi connectivity index (χ1n) is 5.52. The number of anilines is 1. The molecule has 0 spiro atoms. The summed E-state index contributed by atoms with van der Waals surface area (Å²) in [6, 6.07) is 8.94. The van der Waals surface area contributed by atoms with Crippen LogP contribution in [0.4, 0.5) is 5.69 Å². The summed E-state index contributed by atoms with van der Waals surface area (Å²) in [6.07, 6.45) is 0. The Morgan fingerprint density at radius 1 is 1.42 bits per heavy atom. The average Bonchev–Trinajstić information content (AvgIpc) is 2.83. The van der Waals surface area contributed by atoms with Crippen LogP contribution in [0, 0.1) is 3.57 Å². The Kier molecular flexibility index (Phi) is 4.51. The Bertz CT molecular complexity index is 612. The van der Waals surface area contributed by atoms with Gasteiger partial charge in [0.2, 0.25) is 5.76 Å². The largest absolute Gasteiger partial charge is 0.475 e. The maximum atomic E-state index is 10.8. The molecule has 1 atom stereocenters. The van der Waals surface area contributed by atoms with E-state index in [1.807, 2.05) is 25.1 Å². The van der Waals surface area contributed by atoms with Gasteiger partial charge in [0.05, 0.1) is 6.04 Å². The topological polar surface area (TPSA) is 62.5 Å². The number of carbonyl (C=O) groups is 1. The molecule has 2 rings (SSSR count). The molecular formula is C13H11BrINO3. The summed E-state index contributed by atoms with van der Waals surface area (Å²) in [5.74, 6) is -0.519. The molecule has 1 aromatic carbocycles. The van der Waals surface area contributed by atoms with Crippen LogP contribution in [0.2, 0.25) is 0 Å². The van der Waals surface area contributed by atoms with Gasteiger partial charge in [-0.2, -0.15) is 0 Å². The van der Waals surface area contributed by atoms with Crippen molar-refractivity contribution in [3.05, 3.63) is 49.9 Å². The summed E-state index contributed by atoms with van der Waals surface area (Å²) < 4.78 is 7.39. The van der Waals surface area contributed by atoms with E-state index < -0.39 is 5.97 Å². The number of nitrogens with one attached hydrogen (secondary N) is 1. The van der Waals surface area contributed by atoms with Crippen LogP contribution in [0.15, 0.2) is 39.2 Å². The molecule has 0 bridgehead atoms. The second kappa shape index (κ2) is 5.96. The van der Waals surface area contributed by atoms with E-state index in [2.05, 4.69) is 43.8 Å². The van der Waals surface area contributed by atoms with Gasteiger partial charge >= 0.3 is 5.97 Å². The molecule has 4 nitrogen and oxygen atoms in total. The Balaban J connectivity index is 2.13. The molecule has 2 aromatic rings. The highest BCUT2D eigenvalue weighted by Crippen LogP contribution is 2.26. The predicted octanol–water partition coefficient (Wildman–Crippen LogP) is 4.52. The van der Waals surface area contributed by atoms with E-state index in [-0.39, 0.29) is 11.8 Å². The molecule has 0 amide bonds. The van der Waals surface area contributed by atoms with Gasteiger partial charge in [0.25, 0.3) is 0 Å². The molecule has 0 aliphatic rings. The second-order valence-electron chi connectivity index (χ2n) is 4.00. The molecule has 1 aromatic heterocycles. The van der Waals surface area contributed by atoms with Crippen molar-refractivity contribution in [3.63, 3.8) is 0 Å². The highest BCUT2D eigenvalue weighted by Gasteiger charge is 2.14. The summed E-state index contributed by atoms with van der Waals surface area (Å²) in [4.78, 5) is 10.8. The zero-order chi connectivity index (χ0) is 14.0. The molecule has 0 saturated heterocycles. The normalized spacial score (nSPS) is 12.2. The fraction of sp³-hybridized carbons (Fsp3) is 0.154. The van der Waals surface area contributed by atoms with Crippen molar-refractivity contribution >= 4 is 50.2 Å². The predicted molar refractivity (Wildman–Crippen MR) is 84.6 cm³/mol. The second-order valence-corrected chi connectivity index (χ2v) is 6.02. The lowest BCUT2D eigenvalue weighted by Gasteiger charge is -2.13. The van der Waals surface area contributed by atoms with Crippen molar-refractivity contribution in [1.82, 2.24) is 0 Å². The first-order chi connectivity index (χ1) is 8.97. The van der Waals surface area contributed by atoms with Crippen molar-refractivity contribution in [2.24, 2.45) is 0 Å². The maximum absolute atomic E-state index is 10.8. The smallest absolute Gasteiger partial charge is 0.371 e. The number of halogens is 2. The third-order valence-electron chi connectivity index (χ3n) is 2.57. The van der Waals surface area contributed by atoms with Gasteiger partial charge in [-0.15, -0.1) is 0 Å². The first kappa shape index (κ1) is 14.4. The van der Waals surface area contributed by atoms with Crippen LogP contribution in [0.5, 0.6) is 0 Å². The Labute approximate surface area is 132 Å². The molecular weight excluding hydrogens is 425 g/mol. The third kappa shape index (κ3) is 3.50. The number of hydrogen-bond donors (Lipinski definition) is 2. The van der Waals surface area contributed by atoms with Gasteiger partial charge in [-0.1, -0.05) is 0 Å². The molecule has 19 heavy (non-hydrogen) atoms. The fourth-order valence-electron chi connectivity index (χ4n) is 1.61. The summed E-state index contributed by atoms with van der Waals surface area (Å²) in [5.41, 5.74) is 0.938. The molecule has 1 unspecified atom stereocenters. The zero-order valence-corrected chi connectivity index (χ0v) is 13.7. The van der Waals surface area contributed by atoms with Crippen LogP contribution in [0.25, 0.3) is 0 Å². The van der Waals surface area contributed by atoms with Crippen LogP contribution < -0.4 is 5.32 Å². The minimum atomic E-state index is -1.06. The van der Waals surface area contributed by atoms with E-state index in [1.54, 1.807) is 6.07 Å². The van der Waals surface area contributed by atoms with E-state index >= 15 is 0 Å². The van der Waals surface area contributed by atoms with E-state index in [4.69, 9.17) is 9.52 Å². The quantitative estimate of drug-likeness (QED) is 0.693. The standard InChI is InChI=1S/C13H11BrINO3/c1-7(11-4-5-12(19-11)13(17)18)16-8-2-3-10(15)9(14)6-8/h2-7,16H,1H3,(H,17,18). The van der Waals surface area contributed by atoms with Crippen LogP contribution >= 0.6 is 38.5 Å². The van der Waals surface area contributed by atoms with E-state index in [0.29, 0.717) is 5.76 Å². The van der Waals surface area contributed by atoms with Gasteiger partial charge in [0.1, 0.15) is 5.76 Å². The summed E-state index contributed by atoms with van der Waals surface area (Å²) >= 11 is 5.71. The molecule has 100 valence electrons. The van der Waals surface area contributed by atoms with Gasteiger partial charge in [-0.05, 0) is 75.8 Å². The molecule has 1 heterocycles. The van der Waals surface area contributed by atoms with Crippen LogP contribution in [-0.4, -0.2) is 11.1 Å². The number of benzene rings is 1. The van der Waals surface area contributed by atoms with Gasteiger partial charge in [-0.3, -0.25) is 0 Å². The van der Waals surface area contributed by atoms with Gasteiger partial charge < -0.3 is 14.8 Å². The lowest BCUT2D eigenvalue weighted by Crippen LogP contribution is -2.05. The maximum Gasteiger partial charge on any atom is 0.371 e. The average molecular weight is 436 g/mol. The molecule has 0 saturated carbocycles. The Morgan fingerprint density at radius 3 is 2.74 bits per heavy atom. The summed E-state index contributed by atoms with van der Waals surface area (Å²) in [5, 5.41) is 12.1. The Morgan fingerprint density at radius 2 is 2.16 bits per heavy atom. The minimum absolute atomic E-state index is 0.0487. The van der Waals surface area contributed by atoms with Crippen molar-refractivity contribution in [1.29, 1.82) is 0 Å². The van der Waals surface area contributed by atoms with Crippen molar-refractivity contribution in [3.8, 4) is 0 Å². The van der Waals surface area contributed by atoms with Gasteiger partial charge in [0.15, 0.2) is 0 Å². The fourth-order valence-corrected chi connectivity index (χ4v) is 2.32. The van der Waals surface area contributed by atoms with E-state index in [9.17, 15) is 4.79 Å². The molecule has 0 aliphatic heterocycles. The number of furan rings is 1. The highest BCUT2D eigenvalue weighted by molar-refractivity contribution is 14.1. The number of carboxylic acids is 1. The van der Waals surface area contributed by atoms with E-state index in [0.717, 1.165) is 13.7 Å². The molecule has 2 N–H and O–H groups in total. The number of carboxylic acid groups (broad SMARTS) is 1. The van der Waals surface area contributed by atoms with Crippen LogP contribution in [0.3, 0.4) is 0 Å². The van der Waals surface area contributed by atoms with Gasteiger partial charge in [-0.25, -0.2) is 4.79 Å². The summed E-state index contributed by atoms with van der Waals surface area (Å²) in [7, 11) is 0. The minimum Gasteiger partial charge on any atom is -0.475 e. The monoisotopic (exact) mass is 435 g/mol. The number of rotatable bonds is 4. The SMILES string of the molecule is CC(Nc1ccc(I)c(Br)c1)c1ccc(C(=O)O)o1. The summed E-state index contributed by atoms with van der Waals surface area (Å²) in [6.45, 7) is 1.91. The molecule has 0 fully saturated rings. The van der Waals surface area contributed by atoms with Crippen LogP contribution in [0.1, 0.15) is 29.3 Å². The lowest BCUT2D eigenvalue weighted by atomic mass is 10.2. The van der Waals surface area contributed by atoms with Crippen molar-refractivity contribution in [2.75, 3.05) is 5.32 Å². The Hall–Kier alpha value is -1.02. The number of hydrogen-bond acceptors (Lipinski definition) is 3. The number of aromatic carboxylic acids is 1. The third-order valence-corrected chi connectivity index (χ3v) is 4.91. The van der Waals surface area contributed by atoms with Crippen LogP contribution in [-0.2, 0) is 0 Å². The van der Waals surface area contributed by atoms with E-state index in [1.165, 1.54) is 6.07 Å². The zero-order valence-electron chi connectivity index (χ0n) is 9.98. The van der Waals surface area contributed by atoms with Crippen molar-refractivity contribution in [2.45, 2.75) is 13.0 Å². The molecule has 6 heteroatoms. The van der Waals surface area contributed by atoms with Gasteiger partial charge in [0, 0.05) is 13.7 Å². The first-order valence-corrected chi connectivity index (χ1v) is 7.39. The highest BCUT2D eigenvalue weighted by atomic mass is 127.